The van der Waals surface area contributed by atoms with Gasteiger partial charge in [0.2, 0.25) is 0 Å². The highest BCUT2D eigenvalue weighted by Crippen LogP contribution is 2.03. The summed E-state index contributed by atoms with van der Waals surface area (Å²) in [4.78, 5) is 6.98. The van der Waals surface area contributed by atoms with Crippen LogP contribution in [0.3, 0.4) is 0 Å². The molecule has 102 valence electrons. The maximum atomic E-state index is 4.48. The van der Waals surface area contributed by atoms with Crippen LogP contribution in [-0.2, 0) is 6.54 Å². The number of nitrogens with zero attached hydrogens (tertiary/aromatic N) is 2. The Morgan fingerprint density at radius 2 is 1.83 bits per heavy atom. The van der Waals surface area contributed by atoms with E-state index in [0.29, 0.717) is 12.1 Å². The summed E-state index contributed by atoms with van der Waals surface area (Å²) in [5.74, 6) is 0. The van der Waals surface area contributed by atoms with Gasteiger partial charge in [0.15, 0.2) is 0 Å². The van der Waals surface area contributed by atoms with Gasteiger partial charge in [-0.2, -0.15) is 0 Å². The van der Waals surface area contributed by atoms with E-state index in [-0.39, 0.29) is 0 Å². The Kier molecular flexibility index (Phi) is 6.30. The zero-order valence-corrected chi connectivity index (χ0v) is 12.4. The number of rotatable bonds is 7. The summed E-state index contributed by atoms with van der Waals surface area (Å²) in [7, 11) is 0. The molecule has 18 heavy (non-hydrogen) atoms. The van der Waals surface area contributed by atoms with Gasteiger partial charge in [-0.3, -0.25) is 9.88 Å². The van der Waals surface area contributed by atoms with Crippen molar-refractivity contribution in [1.82, 2.24) is 15.2 Å². The molecule has 0 saturated carbocycles. The van der Waals surface area contributed by atoms with Crippen LogP contribution < -0.4 is 5.32 Å². The second-order valence-electron chi connectivity index (χ2n) is 5.37. The van der Waals surface area contributed by atoms with Crippen molar-refractivity contribution >= 4 is 0 Å². The summed E-state index contributed by atoms with van der Waals surface area (Å²) in [6, 6.07) is 7.37. The lowest BCUT2D eigenvalue weighted by atomic mass is 10.2. The second kappa shape index (κ2) is 7.49. The summed E-state index contributed by atoms with van der Waals surface area (Å²) < 4.78 is 0. The number of nitrogens with one attached hydrogen (secondary N) is 1. The van der Waals surface area contributed by atoms with Crippen LogP contribution in [0.5, 0.6) is 0 Å². The average molecular weight is 249 g/mol. The fourth-order valence-electron chi connectivity index (χ4n) is 2.24. The van der Waals surface area contributed by atoms with Gasteiger partial charge in [-0.15, -0.1) is 0 Å². The van der Waals surface area contributed by atoms with Gasteiger partial charge in [-0.25, -0.2) is 0 Å². The van der Waals surface area contributed by atoms with Crippen molar-refractivity contribution in [3.63, 3.8) is 0 Å². The molecule has 0 unspecified atom stereocenters. The smallest absolute Gasteiger partial charge is 0.0544 e. The number of pyridine rings is 1. The Morgan fingerprint density at radius 3 is 2.39 bits per heavy atom. The van der Waals surface area contributed by atoms with Crippen molar-refractivity contribution in [2.45, 2.75) is 53.2 Å². The molecule has 0 saturated heterocycles. The first-order chi connectivity index (χ1) is 8.50. The molecular formula is C15H27N3. The molecule has 0 fully saturated rings. The van der Waals surface area contributed by atoms with Gasteiger partial charge < -0.3 is 5.32 Å². The van der Waals surface area contributed by atoms with Crippen molar-refractivity contribution in [3.05, 3.63) is 29.6 Å². The lowest BCUT2D eigenvalue weighted by molar-refractivity contribution is 0.175. The van der Waals surface area contributed by atoms with Crippen LogP contribution in [0, 0.1) is 6.92 Å². The number of hydrogen-bond acceptors (Lipinski definition) is 3. The fourth-order valence-corrected chi connectivity index (χ4v) is 2.24. The van der Waals surface area contributed by atoms with Crippen molar-refractivity contribution in [2.75, 3.05) is 13.1 Å². The molecule has 0 aromatic carbocycles. The predicted molar refractivity (Wildman–Crippen MR) is 77.7 cm³/mol. The standard InChI is InChI=1S/C15H27N3/c1-12(2)18(13(3)4)10-9-16-11-15-8-6-7-14(5)17-15/h6-8,12-13,16H,9-11H2,1-5H3. The van der Waals surface area contributed by atoms with Crippen molar-refractivity contribution in [1.29, 1.82) is 0 Å². The van der Waals surface area contributed by atoms with Gasteiger partial charge in [0, 0.05) is 37.4 Å². The Labute approximate surface area is 112 Å². The molecule has 0 amide bonds. The van der Waals surface area contributed by atoms with Crippen LogP contribution in [0.2, 0.25) is 0 Å². The summed E-state index contributed by atoms with van der Waals surface area (Å²) in [5.41, 5.74) is 2.20. The number of aromatic nitrogens is 1. The van der Waals surface area contributed by atoms with Crippen LogP contribution in [0.4, 0.5) is 0 Å². The summed E-state index contributed by atoms with van der Waals surface area (Å²) in [5, 5.41) is 3.46. The first kappa shape index (κ1) is 15.1. The molecule has 0 atom stereocenters. The molecule has 0 aliphatic heterocycles. The van der Waals surface area contributed by atoms with Gasteiger partial charge >= 0.3 is 0 Å². The van der Waals surface area contributed by atoms with E-state index in [1.807, 2.05) is 13.0 Å². The average Bonchev–Trinajstić information content (AvgIpc) is 2.27. The van der Waals surface area contributed by atoms with Crippen molar-refractivity contribution < 1.29 is 0 Å². The largest absolute Gasteiger partial charge is 0.310 e. The Morgan fingerprint density at radius 1 is 1.17 bits per heavy atom. The zero-order chi connectivity index (χ0) is 13.5. The maximum Gasteiger partial charge on any atom is 0.0544 e. The molecule has 1 rings (SSSR count). The summed E-state index contributed by atoms with van der Waals surface area (Å²) in [6.45, 7) is 14.0. The molecule has 1 aromatic heterocycles. The molecule has 0 bridgehead atoms. The first-order valence-corrected chi connectivity index (χ1v) is 6.89. The minimum absolute atomic E-state index is 0.601. The third-order valence-corrected chi connectivity index (χ3v) is 3.13. The van der Waals surface area contributed by atoms with Crippen LogP contribution in [0.25, 0.3) is 0 Å². The van der Waals surface area contributed by atoms with Gasteiger partial charge in [-0.1, -0.05) is 6.07 Å². The zero-order valence-electron chi connectivity index (χ0n) is 12.4. The molecule has 1 heterocycles. The van der Waals surface area contributed by atoms with Gasteiger partial charge in [-0.05, 0) is 46.8 Å². The number of aryl methyl sites for hydroxylation is 1. The number of hydrogen-bond donors (Lipinski definition) is 1. The SMILES string of the molecule is Cc1cccc(CNCCN(C(C)C)C(C)C)n1. The van der Waals surface area contributed by atoms with E-state index in [1.165, 1.54) is 0 Å². The van der Waals surface area contributed by atoms with E-state index in [4.69, 9.17) is 0 Å². The fraction of sp³-hybridized carbons (Fsp3) is 0.667. The monoisotopic (exact) mass is 249 g/mol. The van der Waals surface area contributed by atoms with Crippen LogP contribution in [0.15, 0.2) is 18.2 Å². The third kappa shape index (κ3) is 5.15. The summed E-state index contributed by atoms with van der Waals surface area (Å²) in [6.07, 6.45) is 0. The lowest BCUT2D eigenvalue weighted by Crippen LogP contribution is -2.41. The van der Waals surface area contributed by atoms with Gasteiger partial charge in [0.05, 0.1) is 5.69 Å². The summed E-state index contributed by atoms with van der Waals surface area (Å²) >= 11 is 0. The molecule has 1 N–H and O–H groups in total. The van der Waals surface area contributed by atoms with Crippen molar-refractivity contribution in [3.8, 4) is 0 Å². The first-order valence-electron chi connectivity index (χ1n) is 6.89. The van der Waals surface area contributed by atoms with Crippen LogP contribution >= 0.6 is 0 Å². The minimum Gasteiger partial charge on any atom is -0.310 e. The Balaban J connectivity index is 2.30. The van der Waals surface area contributed by atoms with E-state index in [0.717, 1.165) is 31.0 Å². The maximum absolute atomic E-state index is 4.48. The van der Waals surface area contributed by atoms with E-state index in [9.17, 15) is 0 Å². The van der Waals surface area contributed by atoms with E-state index in [1.54, 1.807) is 0 Å². The Bertz CT molecular complexity index is 339. The van der Waals surface area contributed by atoms with Gasteiger partial charge in [0.1, 0.15) is 0 Å². The highest BCUT2D eigenvalue weighted by atomic mass is 15.2. The third-order valence-electron chi connectivity index (χ3n) is 3.13. The normalized spacial score (nSPS) is 11.8. The molecule has 0 radical (unpaired) electrons. The molecule has 3 nitrogen and oxygen atoms in total. The minimum atomic E-state index is 0.601. The molecule has 1 aromatic rings. The lowest BCUT2D eigenvalue weighted by Gasteiger charge is -2.30. The van der Waals surface area contributed by atoms with Crippen LogP contribution in [0.1, 0.15) is 39.1 Å². The molecular weight excluding hydrogens is 222 g/mol. The molecule has 0 aliphatic rings. The molecule has 0 spiro atoms. The second-order valence-corrected chi connectivity index (χ2v) is 5.37. The van der Waals surface area contributed by atoms with E-state index < -0.39 is 0 Å². The van der Waals surface area contributed by atoms with Crippen LogP contribution in [-0.4, -0.2) is 35.1 Å². The van der Waals surface area contributed by atoms with E-state index >= 15 is 0 Å². The Hall–Kier alpha value is -0.930. The van der Waals surface area contributed by atoms with Gasteiger partial charge in [0.25, 0.3) is 0 Å². The highest BCUT2D eigenvalue weighted by molar-refractivity contribution is 5.09. The van der Waals surface area contributed by atoms with E-state index in [2.05, 4.69) is 55.0 Å². The topological polar surface area (TPSA) is 28.2 Å². The quantitative estimate of drug-likeness (QED) is 0.753. The highest BCUT2D eigenvalue weighted by Gasteiger charge is 2.11. The molecule has 0 aliphatic carbocycles. The van der Waals surface area contributed by atoms with Crippen molar-refractivity contribution in [2.24, 2.45) is 0 Å². The predicted octanol–water partition coefficient (Wildman–Crippen LogP) is 2.60. The molecule has 3 heteroatoms.